The summed E-state index contributed by atoms with van der Waals surface area (Å²) in [6.07, 6.45) is 1.48. The Bertz CT molecular complexity index is 832. The first-order chi connectivity index (χ1) is 14.1. The zero-order chi connectivity index (χ0) is 21.9. The van der Waals surface area contributed by atoms with Gasteiger partial charge in [-0.2, -0.15) is 17.5 Å². The Balaban J connectivity index is 0.000000318. The van der Waals surface area contributed by atoms with E-state index < -0.39 is 22.2 Å². The molecule has 8 nitrogen and oxygen atoms in total. The van der Waals surface area contributed by atoms with Crippen LogP contribution in [0.4, 0.5) is 13.2 Å². The van der Waals surface area contributed by atoms with Crippen molar-refractivity contribution in [2.75, 3.05) is 13.2 Å². The van der Waals surface area contributed by atoms with E-state index >= 15 is 0 Å². The molecule has 3 unspecified atom stereocenters. The van der Waals surface area contributed by atoms with Crippen molar-refractivity contribution in [3.63, 3.8) is 0 Å². The molecule has 2 bridgehead atoms. The largest absolute Gasteiger partial charge is 0.490 e. The third-order valence-electron chi connectivity index (χ3n) is 5.19. The molecule has 3 fully saturated rings. The van der Waals surface area contributed by atoms with E-state index in [1.54, 1.807) is 16.7 Å². The highest BCUT2D eigenvalue weighted by Crippen LogP contribution is 2.38. The van der Waals surface area contributed by atoms with E-state index in [-0.39, 0.29) is 23.5 Å². The molecule has 0 aromatic carbocycles. The smallest absolute Gasteiger partial charge is 0.475 e. The Kier molecular flexibility index (Phi) is 7.00. The summed E-state index contributed by atoms with van der Waals surface area (Å²) in [5.74, 6) is -2.76. The van der Waals surface area contributed by atoms with Gasteiger partial charge in [0.2, 0.25) is 10.0 Å². The van der Waals surface area contributed by atoms with Gasteiger partial charge in [0.1, 0.15) is 6.10 Å². The number of sulfonamides is 1. The maximum absolute atomic E-state index is 12.7. The SMILES string of the molecule is O=C(O)C(F)(F)F.O=S(=O)(C1CC1)N1CCOC2CCC1C2OCc1cccnc1. The first-order valence-electron chi connectivity index (χ1n) is 9.53. The van der Waals surface area contributed by atoms with Gasteiger partial charge in [0.05, 0.1) is 30.6 Å². The number of aromatic nitrogens is 1. The number of nitrogens with zero attached hydrogens (tertiary/aromatic N) is 2. The number of alkyl halides is 3. The molecule has 1 aromatic rings. The van der Waals surface area contributed by atoms with Gasteiger partial charge in [-0.05, 0) is 37.3 Å². The third-order valence-corrected chi connectivity index (χ3v) is 7.61. The van der Waals surface area contributed by atoms with Gasteiger partial charge in [-0.15, -0.1) is 0 Å². The quantitative estimate of drug-likeness (QED) is 0.728. The molecule has 0 amide bonds. The summed E-state index contributed by atoms with van der Waals surface area (Å²) in [7, 11) is -3.20. The highest BCUT2D eigenvalue weighted by molar-refractivity contribution is 7.90. The number of rotatable bonds is 5. The summed E-state index contributed by atoms with van der Waals surface area (Å²) in [5.41, 5.74) is 0.993. The van der Waals surface area contributed by atoms with Gasteiger partial charge in [-0.1, -0.05) is 6.07 Å². The van der Waals surface area contributed by atoms with Crippen LogP contribution in [0.1, 0.15) is 31.2 Å². The average Bonchev–Trinajstić information content (AvgIpc) is 3.47. The van der Waals surface area contributed by atoms with Crippen LogP contribution in [0.15, 0.2) is 24.5 Å². The van der Waals surface area contributed by atoms with Crippen molar-refractivity contribution in [3.8, 4) is 0 Å². The number of carboxylic acid groups (broad SMARTS) is 1. The molecule has 1 aromatic heterocycles. The Morgan fingerprint density at radius 1 is 1.30 bits per heavy atom. The molecular formula is C18H23F3N2O6S. The first kappa shape index (κ1) is 22.9. The lowest BCUT2D eigenvalue weighted by Crippen LogP contribution is -2.47. The summed E-state index contributed by atoms with van der Waals surface area (Å²) in [6.45, 7) is 1.35. The third kappa shape index (κ3) is 5.48. The van der Waals surface area contributed by atoms with Gasteiger partial charge in [0.15, 0.2) is 0 Å². The number of hydrogen-bond donors (Lipinski definition) is 1. The topological polar surface area (TPSA) is 106 Å². The van der Waals surface area contributed by atoms with Crippen LogP contribution in [0, 0.1) is 0 Å². The Morgan fingerprint density at radius 2 is 2.00 bits per heavy atom. The minimum atomic E-state index is -5.08. The van der Waals surface area contributed by atoms with Gasteiger partial charge in [0.25, 0.3) is 0 Å². The van der Waals surface area contributed by atoms with Crippen LogP contribution in [-0.4, -0.2) is 71.6 Å². The molecule has 1 N–H and O–H groups in total. The predicted molar refractivity (Wildman–Crippen MR) is 97.9 cm³/mol. The number of hydrogen-bond acceptors (Lipinski definition) is 6. The Hall–Kier alpha value is -1.76. The fourth-order valence-corrected chi connectivity index (χ4v) is 5.67. The van der Waals surface area contributed by atoms with Crippen LogP contribution < -0.4 is 0 Å². The summed E-state index contributed by atoms with van der Waals surface area (Å²) in [5, 5.41) is 6.94. The normalized spacial score (nSPS) is 27.1. The van der Waals surface area contributed by atoms with E-state index in [1.807, 2.05) is 12.1 Å². The van der Waals surface area contributed by atoms with Crippen LogP contribution >= 0.6 is 0 Å². The van der Waals surface area contributed by atoms with Gasteiger partial charge in [0, 0.05) is 18.9 Å². The van der Waals surface area contributed by atoms with Crippen LogP contribution in [0.3, 0.4) is 0 Å². The minimum Gasteiger partial charge on any atom is -0.475 e. The van der Waals surface area contributed by atoms with E-state index in [1.165, 1.54) is 0 Å². The second-order valence-electron chi connectivity index (χ2n) is 7.35. The molecule has 3 aliphatic rings. The second kappa shape index (κ2) is 9.16. The summed E-state index contributed by atoms with van der Waals surface area (Å²) in [4.78, 5) is 13.0. The number of ether oxygens (including phenoxy) is 2. The van der Waals surface area contributed by atoms with Crippen molar-refractivity contribution in [2.45, 2.75) is 62.0 Å². The van der Waals surface area contributed by atoms with Gasteiger partial charge in [-0.3, -0.25) is 4.98 Å². The number of pyridine rings is 1. The second-order valence-corrected chi connectivity index (χ2v) is 9.51. The standard InChI is InChI=1S/C16H22N2O4S.C2HF3O2/c19-23(20,13-3-4-13)18-8-9-21-15-6-5-14(18)16(15)22-11-12-2-1-7-17-10-12;3-2(4,5)1(6)7/h1-2,7,10,13-16H,3-6,8-9,11H2;(H,6,7). The number of halogens is 3. The summed E-state index contributed by atoms with van der Waals surface area (Å²) >= 11 is 0. The van der Waals surface area contributed by atoms with Crippen LogP contribution in [0.25, 0.3) is 0 Å². The first-order valence-corrected chi connectivity index (χ1v) is 11.0. The molecule has 4 rings (SSSR count). The van der Waals surface area contributed by atoms with Crippen LogP contribution in [-0.2, 0) is 30.9 Å². The predicted octanol–water partition coefficient (Wildman–Crippen LogP) is 1.96. The Morgan fingerprint density at radius 3 is 2.57 bits per heavy atom. The Labute approximate surface area is 172 Å². The molecule has 2 saturated carbocycles. The van der Waals surface area contributed by atoms with E-state index in [9.17, 15) is 21.6 Å². The molecule has 12 heteroatoms. The number of carboxylic acids is 1. The minimum absolute atomic E-state index is 0.00363. The van der Waals surface area contributed by atoms with Gasteiger partial charge in [-0.25, -0.2) is 13.2 Å². The lowest BCUT2D eigenvalue weighted by atomic mass is 10.2. The summed E-state index contributed by atoms with van der Waals surface area (Å²) in [6, 6.07) is 3.75. The molecule has 2 heterocycles. The molecule has 3 atom stereocenters. The zero-order valence-corrected chi connectivity index (χ0v) is 16.8. The van der Waals surface area contributed by atoms with Gasteiger partial charge < -0.3 is 14.6 Å². The average molecular weight is 452 g/mol. The molecule has 1 saturated heterocycles. The van der Waals surface area contributed by atoms with Crippen molar-refractivity contribution in [3.05, 3.63) is 30.1 Å². The van der Waals surface area contributed by atoms with E-state index in [0.717, 1.165) is 31.2 Å². The van der Waals surface area contributed by atoms with Crippen LogP contribution in [0.5, 0.6) is 0 Å². The highest BCUT2D eigenvalue weighted by Gasteiger charge is 2.50. The fraction of sp³-hybridized carbons (Fsp3) is 0.667. The van der Waals surface area contributed by atoms with Crippen molar-refractivity contribution in [2.24, 2.45) is 0 Å². The maximum atomic E-state index is 12.7. The van der Waals surface area contributed by atoms with E-state index in [0.29, 0.717) is 19.8 Å². The molecule has 0 spiro atoms. The maximum Gasteiger partial charge on any atom is 0.490 e. The monoisotopic (exact) mass is 452 g/mol. The number of fused-ring (bicyclic) bond motifs is 2. The highest BCUT2D eigenvalue weighted by atomic mass is 32.2. The van der Waals surface area contributed by atoms with Crippen LogP contribution in [0.2, 0.25) is 0 Å². The summed E-state index contributed by atoms with van der Waals surface area (Å²) < 4.78 is 70.8. The molecule has 168 valence electrons. The lowest BCUT2D eigenvalue weighted by Gasteiger charge is -2.30. The molecule has 30 heavy (non-hydrogen) atoms. The van der Waals surface area contributed by atoms with Gasteiger partial charge >= 0.3 is 12.1 Å². The molecular weight excluding hydrogens is 429 g/mol. The molecule has 2 aliphatic carbocycles. The lowest BCUT2D eigenvalue weighted by molar-refractivity contribution is -0.192. The van der Waals surface area contributed by atoms with E-state index in [4.69, 9.17) is 19.4 Å². The number of carbonyl (C=O) groups is 1. The van der Waals surface area contributed by atoms with E-state index in [2.05, 4.69) is 4.98 Å². The molecule has 1 aliphatic heterocycles. The van der Waals surface area contributed by atoms with Crippen molar-refractivity contribution in [1.29, 1.82) is 0 Å². The van der Waals surface area contributed by atoms with Crippen molar-refractivity contribution in [1.82, 2.24) is 9.29 Å². The fourth-order valence-electron chi connectivity index (χ4n) is 3.62. The van der Waals surface area contributed by atoms with Crippen molar-refractivity contribution < 1.29 is 41.0 Å². The molecule has 0 radical (unpaired) electrons. The zero-order valence-electron chi connectivity index (χ0n) is 16.0. The van der Waals surface area contributed by atoms with Crippen molar-refractivity contribution >= 4 is 16.0 Å². The number of aliphatic carboxylic acids is 1.